The van der Waals surface area contributed by atoms with Crippen molar-refractivity contribution >= 4 is 24.0 Å². The standard InChI is InChI=1S/C13H19N3O5.ClH/c1-8-6-11(20-4-5-21-16(18)19)7-9(2)12(8)15-13(17)10(3)14;/h6-7,10H,4-5,14H2,1-3H3,(H,15,17);1H. The molecule has 0 aromatic heterocycles. The maximum Gasteiger partial charge on any atom is 0.294 e. The average Bonchev–Trinajstić information content (AvgIpc) is 2.38. The van der Waals surface area contributed by atoms with Crippen LogP contribution in [0.4, 0.5) is 5.69 Å². The number of nitrogens with zero attached hydrogens (tertiary/aromatic N) is 1. The van der Waals surface area contributed by atoms with Gasteiger partial charge in [0.25, 0.3) is 5.09 Å². The third kappa shape index (κ3) is 6.15. The molecule has 0 fully saturated rings. The van der Waals surface area contributed by atoms with E-state index in [1.165, 1.54) is 0 Å². The van der Waals surface area contributed by atoms with Crippen LogP contribution < -0.4 is 15.8 Å². The molecule has 0 radical (unpaired) electrons. The van der Waals surface area contributed by atoms with Gasteiger partial charge in [0.1, 0.15) is 19.0 Å². The summed E-state index contributed by atoms with van der Waals surface area (Å²) in [6.07, 6.45) is 0. The Balaban J connectivity index is 0.00000441. The molecule has 1 amide bonds. The lowest BCUT2D eigenvalue weighted by Gasteiger charge is -2.15. The first-order valence-corrected chi connectivity index (χ1v) is 6.39. The zero-order valence-electron chi connectivity index (χ0n) is 12.6. The van der Waals surface area contributed by atoms with E-state index in [-0.39, 0.29) is 31.5 Å². The monoisotopic (exact) mass is 333 g/mol. The number of hydrogen-bond acceptors (Lipinski definition) is 6. The Morgan fingerprint density at radius 3 is 2.36 bits per heavy atom. The van der Waals surface area contributed by atoms with Crippen LogP contribution in [-0.4, -0.2) is 30.2 Å². The molecule has 0 saturated carbocycles. The Labute approximate surface area is 134 Å². The van der Waals surface area contributed by atoms with Crippen molar-refractivity contribution in [2.45, 2.75) is 26.8 Å². The molecular formula is C13H20ClN3O5. The van der Waals surface area contributed by atoms with Crippen LogP contribution in [0, 0.1) is 24.0 Å². The van der Waals surface area contributed by atoms with E-state index in [2.05, 4.69) is 10.2 Å². The second-order valence-electron chi connectivity index (χ2n) is 4.62. The molecule has 0 aliphatic heterocycles. The minimum absolute atomic E-state index is 0. The molecule has 124 valence electrons. The summed E-state index contributed by atoms with van der Waals surface area (Å²) in [5, 5.41) is 11.9. The van der Waals surface area contributed by atoms with Crippen LogP contribution in [0.3, 0.4) is 0 Å². The van der Waals surface area contributed by atoms with E-state index in [0.29, 0.717) is 11.4 Å². The van der Waals surface area contributed by atoms with E-state index in [1.807, 2.05) is 13.8 Å². The fourth-order valence-corrected chi connectivity index (χ4v) is 1.71. The molecule has 1 unspecified atom stereocenters. The number of aryl methyl sites for hydroxylation is 2. The third-order valence-electron chi connectivity index (χ3n) is 2.72. The minimum atomic E-state index is -0.869. The molecule has 0 aliphatic rings. The zero-order valence-corrected chi connectivity index (χ0v) is 13.4. The van der Waals surface area contributed by atoms with Crippen molar-refractivity contribution in [2.75, 3.05) is 18.5 Å². The van der Waals surface area contributed by atoms with Crippen LogP contribution in [-0.2, 0) is 9.63 Å². The Kier molecular flexibility index (Phi) is 8.21. The second-order valence-corrected chi connectivity index (χ2v) is 4.62. The molecule has 0 spiro atoms. The number of halogens is 1. The molecule has 1 aromatic rings. The number of nitrogens with one attached hydrogen (secondary N) is 1. The van der Waals surface area contributed by atoms with E-state index in [9.17, 15) is 14.9 Å². The first-order chi connectivity index (χ1) is 9.81. The number of carbonyl (C=O) groups is 1. The van der Waals surface area contributed by atoms with Gasteiger partial charge in [0.2, 0.25) is 5.91 Å². The number of anilines is 1. The van der Waals surface area contributed by atoms with E-state index < -0.39 is 11.1 Å². The summed E-state index contributed by atoms with van der Waals surface area (Å²) >= 11 is 0. The zero-order chi connectivity index (χ0) is 16.0. The van der Waals surface area contributed by atoms with Crippen molar-refractivity contribution < 1.29 is 19.5 Å². The smallest absolute Gasteiger partial charge is 0.294 e. The van der Waals surface area contributed by atoms with Crippen molar-refractivity contribution in [1.82, 2.24) is 0 Å². The van der Waals surface area contributed by atoms with Gasteiger partial charge in [0.05, 0.1) is 6.04 Å². The van der Waals surface area contributed by atoms with Gasteiger partial charge in [0, 0.05) is 5.69 Å². The van der Waals surface area contributed by atoms with Crippen LogP contribution in [0.15, 0.2) is 12.1 Å². The van der Waals surface area contributed by atoms with Crippen LogP contribution in [0.25, 0.3) is 0 Å². The van der Waals surface area contributed by atoms with Crippen molar-refractivity contribution in [1.29, 1.82) is 0 Å². The first-order valence-electron chi connectivity index (χ1n) is 6.39. The lowest BCUT2D eigenvalue weighted by molar-refractivity contribution is -0.757. The molecule has 0 heterocycles. The van der Waals surface area contributed by atoms with Crippen molar-refractivity contribution in [3.8, 4) is 5.75 Å². The number of benzene rings is 1. The number of nitrogens with two attached hydrogens (primary N) is 1. The Hall–Kier alpha value is -2.06. The lowest BCUT2D eigenvalue weighted by Crippen LogP contribution is -2.32. The summed E-state index contributed by atoms with van der Waals surface area (Å²) in [5.41, 5.74) is 7.83. The Bertz CT molecular complexity index is 513. The van der Waals surface area contributed by atoms with E-state index in [1.54, 1.807) is 19.1 Å². The largest absolute Gasteiger partial charge is 0.492 e. The number of ether oxygens (including phenoxy) is 1. The minimum Gasteiger partial charge on any atom is -0.492 e. The van der Waals surface area contributed by atoms with Crippen molar-refractivity contribution in [3.05, 3.63) is 33.4 Å². The van der Waals surface area contributed by atoms with Crippen LogP contribution in [0.1, 0.15) is 18.1 Å². The molecule has 22 heavy (non-hydrogen) atoms. The molecule has 0 aliphatic carbocycles. The van der Waals surface area contributed by atoms with E-state index in [4.69, 9.17) is 10.5 Å². The maximum atomic E-state index is 11.6. The molecule has 3 N–H and O–H groups in total. The highest BCUT2D eigenvalue weighted by molar-refractivity contribution is 5.95. The van der Waals surface area contributed by atoms with Gasteiger partial charge in [-0.05, 0) is 44.0 Å². The lowest BCUT2D eigenvalue weighted by atomic mass is 10.1. The van der Waals surface area contributed by atoms with Gasteiger partial charge >= 0.3 is 0 Å². The number of hydrogen-bond donors (Lipinski definition) is 2. The maximum absolute atomic E-state index is 11.6. The number of carbonyl (C=O) groups excluding carboxylic acids is 1. The van der Waals surface area contributed by atoms with E-state index in [0.717, 1.165) is 11.1 Å². The highest BCUT2D eigenvalue weighted by Gasteiger charge is 2.12. The Morgan fingerprint density at radius 2 is 1.91 bits per heavy atom. The van der Waals surface area contributed by atoms with E-state index >= 15 is 0 Å². The van der Waals surface area contributed by atoms with Gasteiger partial charge in [-0.25, -0.2) is 0 Å². The second kappa shape index (κ2) is 9.06. The summed E-state index contributed by atoms with van der Waals surface area (Å²) in [7, 11) is 0. The SMILES string of the molecule is Cc1cc(OCCO[N+](=O)[O-])cc(C)c1NC(=O)C(C)N.Cl. The predicted octanol–water partition coefficient (Wildman–Crippen LogP) is 1.60. The highest BCUT2D eigenvalue weighted by atomic mass is 35.5. The third-order valence-corrected chi connectivity index (χ3v) is 2.72. The molecule has 8 nitrogen and oxygen atoms in total. The van der Waals surface area contributed by atoms with Crippen LogP contribution in [0.5, 0.6) is 5.75 Å². The van der Waals surface area contributed by atoms with Gasteiger partial charge in [-0.2, -0.15) is 0 Å². The first kappa shape index (κ1) is 19.9. The van der Waals surface area contributed by atoms with Gasteiger partial charge in [0.15, 0.2) is 0 Å². The molecule has 1 atom stereocenters. The molecule has 9 heteroatoms. The van der Waals surface area contributed by atoms with Crippen molar-refractivity contribution in [3.63, 3.8) is 0 Å². The number of rotatable bonds is 7. The molecule has 0 bridgehead atoms. The molecule has 1 aromatic carbocycles. The quantitative estimate of drug-likeness (QED) is 0.444. The predicted molar refractivity (Wildman–Crippen MR) is 83.9 cm³/mol. The van der Waals surface area contributed by atoms with Crippen LogP contribution >= 0.6 is 12.4 Å². The normalized spacial score (nSPS) is 11.1. The summed E-state index contributed by atoms with van der Waals surface area (Å²) in [6.45, 7) is 5.17. The van der Waals surface area contributed by atoms with Gasteiger partial charge in [-0.3, -0.25) is 4.79 Å². The van der Waals surface area contributed by atoms with Gasteiger partial charge in [-0.1, -0.05) is 0 Å². The van der Waals surface area contributed by atoms with Gasteiger partial charge < -0.3 is 20.6 Å². The molecule has 1 rings (SSSR count). The van der Waals surface area contributed by atoms with Crippen molar-refractivity contribution in [2.24, 2.45) is 5.73 Å². The van der Waals surface area contributed by atoms with Gasteiger partial charge in [-0.15, -0.1) is 22.5 Å². The molecular weight excluding hydrogens is 314 g/mol. The fourth-order valence-electron chi connectivity index (χ4n) is 1.71. The summed E-state index contributed by atoms with van der Waals surface area (Å²) in [4.78, 5) is 25.8. The average molecular weight is 334 g/mol. The highest BCUT2D eigenvalue weighted by Crippen LogP contribution is 2.26. The summed E-state index contributed by atoms with van der Waals surface area (Å²) in [5.74, 6) is 0.282. The summed E-state index contributed by atoms with van der Waals surface area (Å²) in [6, 6.07) is 2.87. The topological polar surface area (TPSA) is 117 Å². The number of amides is 1. The Morgan fingerprint density at radius 1 is 1.36 bits per heavy atom. The van der Waals surface area contributed by atoms with Crippen LogP contribution in [0.2, 0.25) is 0 Å². The summed E-state index contributed by atoms with van der Waals surface area (Å²) < 4.78 is 5.36. The molecule has 0 saturated heterocycles. The fraction of sp³-hybridized carbons (Fsp3) is 0.462.